The lowest BCUT2D eigenvalue weighted by atomic mass is 9.95. The Kier molecular flexibility index (Phi) is 9.93. The van der Waals surface area contributed by atoms with Crippen molar-refractivity contribution in [3.63, 3.8) is 0 Å². The predicted molar refractivity (Wildman–Crippen MR) is 162 cm³/mol. The van der Waals surface area contributed by atoms with Gasteiger partial charge in [-0.05, 0) is 30.3 Å². The van der Waals surface area contributed by atoms with Crippen LogP contribution in [-0.4, -0.2) is 65.0 Å². The second kappa shape index (κ2) is 13.9. The number of hydrogen-bond donors (Lipinski definition) is 0. The van der Waals surface area contributed by atoms with Gasteiger partial charge in [-0.2, -0.15) is 0 Å². The number of ether oxygens (including phenoxy) is 5. The van der Waals surface area contributed by atoms with Crippen LogP contribution in [-0.2, 0) is 28.5 Å². The summed E-state index contributed by atoms with van der Waals surface area (Å²) < 4.78 is 60.2. The van der Waals surface area contributed by atoms with Gasteiger partial charge in [0.1, 0.15) is 58.7 Å². The zero-order chi connectivity index (χ0) is 31.7. The Morgan fingerprint density at radius 1 is 1.04 bits per heavy atom. The summed E-state index contributed by atoms with van der Waals surface area (Å²) in [6, 6.07) is 15.8. The second-order valence-electron chi connectivity index (χ2n) is 10.1. The summed E-state index contributed by atoms with van der Waals surface area (Å²) in [5, 5.41) is 8.61. The lowest BCUT2D eigenvalue weighted by molar-refractivity contribution is -0.310. The Labute approximate surface area is 275 Å². The van der Waals surface area contributed by atoms with E-state index in [0.29, 0.717) is 14.9 Å². The van der Waals surface area contributed by atoms with Gasteiger partial charge in [0.15, 0.2) is 6.29 Å². The molecule has 2 aliphatic heterocycles. The van der Waals surface area contributed by atoms with Crippen molar-refractivity contribution in [2.24, 2.45) is 0 Å². The molecule has 6 atom stereocenters. The van der Waals surface area contributed by atoms with Gasteiger partial charge < -0.3 is 23.7 Å². The molecule has 4 aromatic rings. The number of aromatic nitrogens is 3. The average Bonchev–Trinajstić information content (AvgIpc) is 3.54. The molecule has 0 aliphatic carbocycles. The van der Waals surface area contributed by atoms with Crippen LogP contribution < -0.4 is 0 Å². The van der Waals surface area contributed by atoms with Crippen LogP contribution in [0.3, 0.4) is 0 Å². The van der Waals surface area contributed by atoms with E-state index in [9.17, 15) is 13.6 Å². The molecule has 1 aromatic heterocycles. The number of fused-ring (bicyclic) bond motifs is 1. The van der Waals surface area contributed by atoms with Gasteiger partial charge in [-0.15, -0.1) is 5.10 Å². The van der Waals surface area contributed by atoms with Gasteiger partial charge in [0, 0.05) is 16.0 Å². The van der Waals surface area contributed by atoms with Gasteiger partial charge in [-0.25, -0.2) is 18.3 Å². The van der Waals surface area contributed by atoms with Gasteiger partial charge >= 0.3 is 5.97 Å². The molecular formula is C30H24Cl3F2N3O6S. The maximum absolute atomic E-state index is 14.3. The van der Waals surface area contributed by atoms with Crippen LogP contribution in [0.2, 0.25) is 15.1 Å². The van der Waals surface area contributed by atoms with E-state index in [4.69, 9.17) is 58.5 Å². The third-order valence-electron chi connectivity index (χ3n) is 7.24. The first-order valence-electron chi connectivity index (χ1n) is 13.6. The highest BCUT2D eigenvalue weighted by molar-refractivity contribution is 7.99. The molecule has 0 radical (unpaired) electrons. The van der Waals surface area contributed by atoms with Crippen LogP contribution in [0.25, 0.3) is 11.3 Å². The first kappa shape index (κ1) is 32.1. The maximum Gasteiger partial charge on any atom is 0.331 e. The summed E-state index contributed by atoms with van der Waals surface area (Å²) in [7, 11) is 1.25. The molecule has 2 fully saturated rings. The SMILES string of the molecule is COC(=O)CO[C@H]1C(n2cc(-c3cc(F)c(Cl)c(F)c3)nn2)[C@H]2OC(c3ccccc3)OCC2O[C@@H]1Sc1ccc(Cl)c(Cl)c1. The third-order valence-corrected chi connectivity index (χ3v) is 9.48. The molecule has 0 N–H and O–H groups in total. The van der Waals surface area contributed by atoms with Crippen molar-refractivity contribution in [3.05, 3.63) is 99.1 Å². The molecule has 15 heteroatoms. The van der Waals surface area contributed by atoms with Crippen LogP contribution in [0.5, 0.6) is 0 Å². The van der Waals surface area contributed by atoms with Crippen molar-refractivity contribution < 1.29 is 37.3 Å². The van der Waals surface area contributed by atoms with Crippen molar-refractivity contribution in [1.82, 2.24) is 15.0 Å². The minimum absolute atomic E-state index is 0.119. The first-order valence-corrected chi connectivity index (χ1v) is 15.6. The van der Waals surface area contributed by atoms with Crippen LogP contribution >= 0.6 is 46.6 Å². The fourth-order valence-corrected chi connectivity index (χ4v) is 6.73. The Hall–Kier alpha value is -2.81. The van der Waals surface area contributed by atoms with Gasteiger partial charge in [0.05, 0.1) is 30.0 Å². The smallest absolute Gasteiger partial charge is 0.331 e. The molecule has 2 saturated heterocycles. The number of benzene rings is 3. The van der Waals surface area contributed by atoms with Crippen LogP contribution in [0.1, 0.15) is 17.9 Å². The topological polar surface area (TPSA) is 93.9 Å². The number of thioether (sulfide) groups is 1. The summed E-state index contributed by atoms with van der Waals surface area (Å²) in [6.45, 7) is -0.261. The maximum atomic E-state index is 14.3. The van der Waals surface area contributed by atoms with E-state index in [2.05, 4.69) is 10.3 Å². The third kappa shape index (κ3) is 6.98. The molecule has 2 aliphatic rings. The largest absolute Gasteiger partial charge is 0.467 e. The average molecular weight is 699 g/mol. The van der Waals surface area contributed by atoms with Crippen LogP contribution in [0.15, 0.2) is 71.8 Å². The zero-order valence-electron chi connectivity index (χ0n) is 23.3. The lowest BCUT2D eigenvalue weighted by Crippen LogP contribution is -2.59. The van der Waals surface area contributed by atoms with E-state index in [-0.39, 0.29) is 17.9 Å². The summed E-state index contributed by atoms with van der Waals surface area (Å²) >= 11 is 19.4. The lowest BCUT2D eigenvalue weighted by Gasteiger charge is -2.49. The Morgan fingerprint density at radius 2 is 1.80 bits per heavy atom. The molecule has 236 valence electrons. The molecule has 0 spiro atoms. The Balaban J connectivity index is 1.41. The molecule has 0 amide bonds. The number of nitrogens with zero attached hydrogens (tertiary/aromatic N) is 3. The molecule has 0 saturated carbocycles. The fraction of sp³-hybridized carbons (Fsp3) is 0.300. The van der Waals surface area contributed by atoms with E-state index in [1.54, 1.807) is 18.2 Å². The van der Waals surface area contributed by atoms with Crippen LogP contribution in [0.4, 0.5) is 8.78 Å². The van der Waals surface area contributed by atoms with Crippen molar-refractivity contribution in [1.29, 1.82) is 0 Å². The number of carbonyl (C=O) groups is 1. The van der Waals surface area contributed by atoms with Gasteiger partial charge in [0.2, 0.25) is 0 Å². The molecule has 3 heterocycles. The van der Waals surface area contributed by atoms with Gasteiger partial charge in [0.25, 0.3) is 0 Å². The number of hydrogen-bond acceptors (Lipinski definition) is 9. The van der Waals surface area contributed by atoms with E-state index in [1.807, 2.05) is 30.3 Å². The fourth-order valence-electron chi connectivity index (χ4n) is 5.09. The standard InChI is InChI=1S/C30H24Cl3F2N3O6S/c1-40-24(39)14-41-28-26(38-12-22(36-37-38)16-9-20(34)25(33)21(35)10-16)27-23(13-42-29(44-27)15-5-3-2-4-6-15)43-30(28)45-17-7-8-18(31)19(32)11-17/h2-12,23,26-30H,13-14H2,1H3/t23?,26?,27-,28-,29?,30+/m0/s1. The van der Waals surface area contributed by atoms with Gasteiger partial charge in [-0.1, -0.05) is 82.1 Å². The second-order valence-corrected chi connectivity index (χ2v) is 12.5. The minimum Gasteiger partial charge on any atom is -0.467 e. The molecular weight excluding hydrogens is 675 g/mol. The Bertz CT molecular complexity index is 1660. The van der Waals surface area contributed by atoms with Crippen molar-refractivity contribution in [2.45, 2.75) is 41.0 Å². The zero-order valence-corrected chi connectivity index (χ0v) is 26.4. The van der Waals surface area contributed by atoms with Crippen molar-refractivity contribution in [3.8, 4) is 11.3 Å². The molecule has 45 heavy (non-hydrogen) atoms. The quantitative estimate of drug-likeness (QED) is 0.144. The molecule has 3 aromatic carbocycles. The Morgan fingerprint density at radius 3 is 2.51 bits per heavy atom. The number of halogens is 5. The highest BCUT2D eigenvalue weighted by Crippen LogP contribution is 2.45. The van der Waals surface area contributed by atoms with Crippen molar-refractivity contribution >= 4 is 52.5 Å². The predicted octanol–water partition coefficient (Wildman–Crippen LogP) is 6.91. The van der Waals surface area contributed by atoms with Crippen molar-refractivity contribution in [2.75, 3.05) is 20.3 Å². The van der Waals surface area contributed by atoms with E-state index < -0.39 is 65.3 Å². The minimum atomic E-state index is -0.941. The number of rotatable bonds is 8. The van der Waals surface area contributed by atoms with E-state index in [1.165, 1.54) is 29.8 Å². The van der Waals surface area contributed by atoms with Crippen LogP contribution in [0, 0.1) is 11.6 Å². The van der Waals surface area contributed by atoms with E-state index >= 15 is 0 Å². The highest BCUT2D eigenvalue weighted by Gasteiger charge is 2.52. The molecule has 0 bridgehead atoms. The van der Waals surface area contributed by atoms with Gasteiger partial charge in [-0.3, -0.25) is 0 Å². The first-order chi connectivity index (χ1) is 21.7. The summed E-state index contributed by atoms with van der Waals surface area (Å²) in [4.78, 5) is 13.0. The highest BCUT2D eigenvalue weighted by atomic mass is 35.5. The number of esters is 1. The summed E-state index contributed by atoms with van der Waals surface area (Å²) in [6.07, 6.45) is -1.48. The molecule has 9 nitrogen and oxygen atoms in total. The monoisotopic (exact) mass is 697 g/mol. The molecule has 3 unspecified atom stereocenters. The summed E-state index contributed by atoms with van der Waals surface area (Å²) in [5.41, 5.74) is 0.310. The number of carbonyl (C=O) groups excluding carboxylic acids is 1. The number of methoxy groups -OCH3 is 1. The summed E-state index contributed by atoms with van der Waals surface area (Å²) in [5.74, 6) is -2.50. The normalized spacial score (nSPS) is 24.7. The molecule has 6 rings (SSSR count). The van der Waals surface area contributed by atoms with E-state index in [0.717, 1.165) is 17.7 Å².